The molecule has 0 atom stereocenters. The van der Waals surface area contributed by atoms with Gasteiger partial charge in [0.05, 0.1) is 0 Å². The minimum Gasteiger partial charge on any atom is -0.424 e. The minimum absolute atomic E-state index is 0.135. The summed E-state index contributed by atoms with van der Waals surface area (Å²) >= 11 is 0. The quantitative estimate of drug-likeness (QED) is 0.715. The van der Waals surface area contributed by atoms with Gasteiger partial charge in [0.1, 0.15) is 11.5 Å². The molecule has 1 aromatic heterocycles. The summed E-state index contributed by atoms with van der Waals surface area (Å²) in [5, 5.41) is 2.58. The topological polar surface area (TPSA) is 73.3 Å². The van der Waals surface area contributed by atoms with Gasteiger partial charge in [-0.3, -0.25) is 4.79 Å². The number of aromatic nitrogens is 2. The van der Waals surface area contributed by atoms with Crippen LogP contribution in [0.2, 0.25) is 0 Å². The number of hydrogen-bond acceptors (Lipinski definition) is 5. The zero-order valence-electron chi connectivity index (χ0n) is 13.6. The van der Waals surface area contributed by atoms with E-state index >= 15 is 0 Å². The molecule has 3 rings (SSSR count). The number of alkyl halides is 3. The molecule has 27 heavy (non-hydrogen) atoms. The zero-order valence-corrected chi connectivity index (χ0v) is 13.6. The number of amides is 1. The maximum absolute atomic E-state index is 12.3. The SMILES string of the molecule is O=C(Nc1ccc(OC(F)(F)F)cc1)c1cccc(Oc2ncccn2)c1. The molecule has 0 saturated carbocycles. The predicted octanol–water partition coefficient (Wildman–Crippen LogP) is 4.42. The Hall–Kier alpha value is -3.62. The Morgan fingerprint density at radius 1 is 0.926 bits per heavy atom. The number of halogens is 3. The van der Waals surface area contributed by atoms with E-state index in [1.165, 1.54) is 30.6 Å². The Balaban J connectivity index is 1.66. The van der Waals surface area contributed by atoms with Gasteiger partial charge in [-0.1, -0.05) is 6.07 Å². The van der Waals surface area contributed by atoms with Crippen LogP contribution in [0.25, 0.3) is 0 Å². The largest absolute Gasteiger partial charge is 0.573 e. The minimum atomic E-state index is -4.77. The van der Waals surface area contributed by atoms with E-state index in [0.29, 0.717) is 17.0 Å². The van der Waals surface area contributed by atoms with Gasteiger partial charge in [-0.15, -0.1) is 13.2 Å². The van der Waals surface area contributed by atoms with Crippen LogP contribution in [0.15, 0.2) is 67.0 Å². The molecule has 6 nitrogen and oxygen atoms in total. The van der Waals surface area contributed by atoms with Crippen LogP contribution < -0.4 is 14.8 Å². The van der Waals surface area contributed by atoms with Crippen molar-refractivity contribution in [2.45, 2.75) is 6.36 Å². The third-order valence-electron chi connectivity index (χ3n) is 3.19. The fourth-order valence-corrected chi connectivity index (χ4v) is 2.09. The molecular weight excluding hydrogens is 363 g/mol. The lowest BCUT2D eigenvalue weighted by molar-refractivity contribution is -0.274. The summed E-state index contributed by atoms with van der Waals surface area (Å²) in [6.07, 6.45) is -1.73. The molecule has 0 saturated heterocycles. The first kappa shape index (κ1) is 18.2. The normalized spacial score (nSPS) is 10.9. The molecule has 138 valence electrons. The lowest BCUT2D eigenvalue weighted by Crippen LogP contribution is -2.17. The second-order valence-corrected chi connectivity index (χ2v) is 5.19. The van der Waals surface area contributed by atoms with Crippen molar-refractivity contribution in [3.63, 3.8) is 0 Å². The van der Waals surface area contributed by atoms with E-state index in [2.05, 4.69) is 20.0 Å². The van der Waals surface area contributed by atoms with Crippen molar-refractivity contribution >= 4 is 11.6 Å². The Bertz CT molecular complexity index is 916. The van der Waals surface area contributed by atoms with E-state index < -0.39 is 12.3 Å². The summed E-state index contributed by atoms with van der Waals surface area (Å²) < 4.78 is 45.7. The van der Waals surface area contributed by atoms with Gasteiger partial charge in [-0.2, -0.15) is 0 Å². The molecule has 1 amide bonds. The van der Waals surface area contributed by atoms with Crippen LogP contribution in [0, 0.1) is 0 Å². The van der Waals surface area contributed by atoms with E-state index in [-0.39, 0.29) is 11.8 Å². The first-order valence-electron chi connectivity index (χ1n) is 7.61. The molecule has 2 aromatic carbocycles. The number of hydrogen-bond donors (Lipinski definition) is 1. The molecule has 1 heterocycles. The fraction of sp³-hybridized carbons (Fsp3) is 0.0556. The van der Waals surface area contributed by atoms with Gasteiger partial charge < -0.3 is 14.8 Å². The molecule has 1 N–H and O–H groups in total. The van der Waals surface area contributed by atoms with E-state index in [9.17, 15) is 18.0 Å². The number of rotatable bonds is 5. The highest BCUT2D eigenvalue weighted by molar-refractivity contribution is 6.04. The fourth-order valence-electron chi connectivity index (χ4n) is 2.09. The van der Waals surface area contributed by atoms with E-state index in [1.807, 2.05) is 0 Å². The molecule has 0 radical (unpaired) electrons. The van der Waals surface area contributed by atoms with Gasteiger partial charge in [0.25, 0.3) is 5.91 Å². The number of carbonyl (C=O) groups excluding carboxylic acids is 1. The Kier molecular flexibility index (Phi) is 5.20. The lowest BCUT2D eigenvalue weighted by Gasteiger charge is -2.10. The second kappa shape index (κ2) is 7.73. The van der Waals surface area contributed by atoms with Crippen LogP contribution in [0.5, 0.6) is 17.5 Å². The number of ether oxygens (including phenoxy) is 2. The summed E-state index contributed by atoms with van der Waals surface area (Å²) in [5.41, 5.74) is 0.603. The average Bonchev–Trinajstić information content (AvgIpc) is 2.63. The summed E-state index contributed by atoms with van der Waals surface area (Å²) in [6.45, 7) is 0. The van der Waals surface area contributed by atoms with Crippen LogP contribution in [0.3, 0.4) is 0 Å². The van der Waals surface area contributed by atoms with E-state index in [0.717, 1.165) is 12.1 Å². The van der Waals surface area contributed by atoms with Crippen LogP contribution in [-0.2, 0) is 0 Å². The van der Waals surface area contributed by atoms with Crippen molar-refractivity contribution in [2.75, 3.05) is 5.32 Å². The van der Waals surface area contributed by atoms with Crippen molar-refractivity contribution in [1.82, 2.24) is 9.97 Å². The number of anilines is 1. The van der Waals surface area contributed by atoms with Crippen molar-refractivity contribution in [2.24, 2.45) is 0 Å². The third-order valence-corrected chi connectivity index (χ3v) is 3.19. The number of nitrogens with zero attached hydrogens (tertiary/aromatic N) is 2. The lowest BCUT2D eigenvalue weighted by atomic mass is 10.2. The smallest absolute Gasteiger partial charge is 0.424 e. The molecule has 0 aliphatic heterocycles. The van der Waals surface area contributed by atoms with Crippen LogP contribution in [-0.4, -0.2) is 22.2 Å². The summed E-state index contributed by atoms with van der Waals surface area (Å²) in [7, 11) is 0. The number of carbonyl (C=O) groups is 1. The van der Waals surface area contributed by atoms with Gasteiger partial charge in [0, 0.05) is 23.6 Å². The van der Waals surface area contributed by atoms with Crippen LogP contribution in [0.1, 0.15) is 10.4 Å². The van der Waals surface area contributed by atoms with Crippen LogP contribution >= 0.6 is 0 Å². The maximum Gasteiger partial charge on any atom is 0.573 e. The molecule has 0 aliphatic rings. The highest BCUT2D eigenvalue weighted by Crippen LogP contribution is 2.24. The van der Waals surface area contributed by atoms with Crippen molar-refractivity contribution in [1.29, 1.82) is 0 Å². The standard InChI is InChI=1S/C18H12F3N3O3/c19-18(20,21)27-14-7-5-13(6-8-14)24-16(25)12-3-1-4-15(11-12)26-17-22-9-2-10-23-17/h1-11H,(H,24,25). The molecule has 0 unspecified atom stereocenters. The number of nitrogens with one attached hydrogen (secondary N) is 1. The van der Waals surface area contributed by atoms with Gasteiger partial charge in [0.2, 0.25) is 0 Å². The van der Waals surface area contributed by atoms with Crippen molar-refractivity contribution in [3.05, 3.63) is 72.6 Å². The average molecular weight is 375 g/mol. The first-order chi connectivity index (χ1) is 12.9. The molecule has 0 bridgehead atoms. The van der Waals surface area contributed by atoms with Gasteiger partial charge in [0.15, 0.2) is 0 Å². The van der Waals surface area contributed by atoms with E-state index in [1.54, 1.807) is 24.3 Å². The van der Waals surface area contributed by atoms with Crippen molar-refractivity contribution < 1.29 is 27.4 Å². The Morgan fingerprint density at radius 2 is 1.63 bits per heavy atom. The molecule has 0 aliphatic carbocycles. The summed E-state index contributed by atoms with van der Waals surface area (Å²) in [5.74, 6) is -0.472. The molecule has 0 spiro atoms. The highest BCUT2D eigenvalue weighted by atomic mass is 19.4. The van der Waals surface area contributed by atoms with Crippen LogP contribution in [0.4, 0.5) is 18.9 Å². The second-order valence-electron chi connectivity index (χ2n) is 5.19. The Labute approximate surface area is 151 Å². The maximum atomic E-state index is 12.3. The molecule has 9 heteroatoms. The monoisotopic (exact) mass is 375 g/mol. The third kappa shape index (κ3) is 5.43. The van der Waals surface area contributed by atoms with Gasteiger partial charge >= 0.3 is 12.4 Å². The predicted molar refractivity (Wildman–Crippen MR) is 89.6 cm³/mol. The summed E-state index contributed by atoms with van der Waals surface area (Å²) in [4.78, 5) is 20.2. The van der Waals surface area contributed by atoms with Gasteiger partial charge in [-0.25, -0.2) is 9.97 Å². The molecule has 3 aromatic rings. The van der Waals surface area contributed by atoms with E-state index in [4.69, 9.17) is 4.74 Å². The Morgan fingerprint density at radius 3 is 2.30 bits per heavy atom. The van der Waals surface area contributed by atoms with Gasteiger partial charge in [-0.05, 0) is 48.5 Å². The first-order valence-corrected chi connectivity index (χ1v) is 7.61. The molecule has 0 fully saturated rings. The highest BCUT2D eigenvalue weighted by Gasteiger charge is 2.30. The molecular formula is C18H12F3N3O3. The summed E-state index contributed by atoms with van der Waals surface area (Å²) in [6, 6.07) is 12.9. The van der Waals surface area contributed by atoms with Crippen molar-refractivity contribution in [3.8, 4) is 17.5 Å². The number of benzene rings is 2. The zero-order chi connectivity index (χ0) is 19.3.